The molecule has 0 N–H and O–H groups in total. The van der Waals surface area contributed by atoms with Crippen molar-refractivity contribution < 1.29 is 4.42 Å². The van der Waals surface area contributed by atoms with E-state index in [0.29, 0.717) is 22.3 Å². The molecular formula is C20H16N2O2. The second kappa shape index (κ2) is 5.54. The Labute approximate surface area is 139 Å². The molecule has 0 atom stereocenters. The molecule has 2 heterocycles. The smallest absolute Gasteiger partial charge is 0.344 e. The lowest BCUT2D eigenvalue weighted by Crippen LogP contribution is -2.36. The highest BCUT2D eigenvalue weighted by atomic mass is 16.4. The quantitative estimate of drug-likeness (QED) is 0.674. The average molecular weight is 316 g/mol. The summed E-state index contributed by atoms with van der Waals surface area (Å²) in [4.78, 5) is 14.8. The number of benzene rings is 2. The van der Waals surface area contributed by atoms with E-state index < -0.39 is 0 Å². The first kappa shape index (κ1) is 14.5. The van der Waals surface area contributed by atoms with E-state index in [2.05, 4.69) is 17.0 Å². The van der Waals surface area contributed by atoms with Crippen LogP contribution in [0.4, 0.5) is 5.69 Å². The van der Waals surface area contributed by atoms with Crippen molar-refractivity contribution in [1.29, 1.82) is 5.26 Å². The Balaban J connectivity index is 1.91. The van der Waals surface area contributed by atoms with Gasteiger partial charge in [0.2, 0.25) is 0 Å². The molecular weight excluding hydrogens is 300 g/mol. The Bertz CT molecular complexity index is 1040. The minimum absolute atomic E-state index is 0.365. The van der Waals surface area contributed by atoms with Gasteiger partial charge in [0.15, 0.2) is 0 Å². The van der Waals surface area contributed by atoms with E-state index in [1.165, 1.54) is 6.42 Å². The molecule has 118 valence electrons. The van der Waals surface area contributed by atoms with E-state index in [4.69, 9.17) is 9.68 Å². The molecule has 0 spiro atoms. The molecule has 1 fully saturated rings. The number of nitrogens with zero attached hydrogens (tertiary/aromatic N) is 2. The zero-order valence-corrected chi connectivity index (χ0v) is 13.4. The summed E-state index contributed by atoms with van der Waals surface area (Å²) in [7, 11) is 0. The van der Waals surface area contributed by atoms with Crippen molar-refractivity contribution in [2.24, 2.45) is 0 Å². The lowest BCUT2D eigenvalue weighted by molar-refractivity contribution is 0.561. The number of hydrogen-bond acceptors (Lipinski definition) is 4. The average Bonchev–Trinajstić information content (AvgIpc) is 2.53. The number of aryl methyl sites for hydroxylation is 1. The molecule has 0 saturated carbocycles. The normalized spacial score (nSPS) is 13.6. The van der Waals surface area contributed by atoms with Crippen LogP contribution in [-0.4, -0.2) is 13.1 Å². The Morgan fingerprint density at radius 2 is 2.00 bits per heavy atom. The van der Waals surface area contributed by atoms with Crippen molar-refractivity contribution in [2.45, 2.75) is 13.3 Å². The van der Waals surface area contributed by atoms with Crippen LogP contribution in [0.2, 0.25) is 0 Å². The lowest BCUT2D eigenvalue weighted by Gasteiger charge is -2.33. The van der Waals surface area contributed by atoms with E-state index >= 15 is 0 Å². The Kier molecular flexibility index (Phi) is 3.35. The fourth-order valence-corrected chi connectivity index (χ4v) is 3.19. The van der Waals surface area contributed by atoms with Gasteiger partial charge in [-0.25, -0.2) is 4.79 Å². The largest absolute Gasteiger partial charge is 0.422 e. The maximum atomic E-state index is 12.6. The predicted molar refractivity (Wildman–Crippen MR) is 94.2 cm³/mol. The van der Waals surface area contributed by atoms with E-state index in [1.54, 1.807) is 18.2 Å². The number of rotatable bonds is 2. The van der Waals surface area contributed by atoms with Gasteiger partial charge in [-0.3, -0.25) is 0 Å². The van der Waals surface area contributed by atoms with Gasteiger partial charge in [-0.2, -0.15) is 5.26 Å². The molecule has 4 nitrogen and oxygen atoms in total. The van der Waals surface area contributed by atoms with Gasteiger partial charge in [-0.1, -0.05) is 12.1 Å². The molecule has 0 amide bonds. The number of hydrogen-bond donors (Lipinski definition) is 0. The van der Waals surface area contributed by atoms with Crippen LogP contribution in [0.3, 0.4) is 0 Å². The fourth-order valence-electron chi connectivity index (χ4n) is 3.19. The van der Waals surface area contributed by atoms with Crippen LogP contribution in [0.1, 0.15) is 17.5 Å². The van der Waals surface area contributed by atoms with Crippen LogP contribution in [-0.2, 0) is 0 Å². The standard InChI is InChI=1S/C20H16N2O2/c1-13-17-7-6-16(22-8-3-9-22)11-18(17)24-20(23)19(13)15-5-2-4-14(10-15)12-21/h2,4-7,10-11H,3,8-9H2,1H3. The molecule has 0 bridgehead atoms. The van der Waals surface area contributed by atoms with Crippen LogP contribution >= 0.6 is 0 Å². The van der Waals surface area contributed by atoms with E-state index in [9.17, 15) is 4.79 Å². The Morgan fingerprint density at radius 3 is 2.71 bits per heavy atom. The number of fused-ring (bicyclic) bond motifs is 1. The summed E-state index contributed by atoms with van der Waals surface area (Å²) >= 11 is 0. The molecule has 1 aromatic heterocycles. The summed E-state index contributed by atoms with van der Waals surface area (Å²) in [5, 5.41) is 10.0. The third kappa shape index (κ3) is 2.26. The van der Waals surface area contributed by atoms with E-state index in [1.807, 2.05) is 25.1 Å². The van der Waals surface area contributed by atoms with Gasteiger partial charge in [0.25, 0.3) is 0 Å². The molecule has 4 rings (SSSR count). The van der Waals surface area contributed by atoms with Gasteiger partial charge in [-0.15, -0.1) is 0 Å². The molecule has 1 aliphatic heterocycles. The molecule has 4 heteroatoms. The van der Waals surface area contributed by atoms with Gasteiger partial charge in [0.05, 0.1) is 17.2 Å². The van der Waals surface area contributed by atoms with Crippen LogP contribution in [0.5, 0.6) is 0 Å². The molecule has 3 aromatic rings. The summed E-state index contributed by atoms with van der Waals surface area (Å²) < 4.78 is 5.60. The van der Waals surface area contributed by atoms with Crippen molar-refractivity contribution in [2.75, 3.05) is 18.0 Å². The fraction of sp³-hybridized carbons (Fsp3) is 0.200. The second-order valence-corrected chi connectivity index (χ2v) is 6.10. The molecule has 0 radical (unpaired) electrons. The summed E-state index contributed by atoms with van der Waals surface area (Å²) in [6, 6.07) is 15.2. The maximum Gasteiger partial charge on any atom is 0.344 e. The predicted octanol–water partition coefficient (Wildman–Crippen LogP) is 3.85. The zero-order chi connectivity index (χ0) is 16.7. The third-order valence-electron chi connectivity index (χ3n) is 4.65. The Hall–Kier alpha value is -3.06. The van der Waals surface area contributed by atoms with E-state index in [-0.39, 0.29) is 5.63 Å². The second-order valence-electron chi connectivity index (χ2n) is 6.10. The number of nitriles is 1. The van der Waals surface area contributed by atoms with Gasteiger partial charge in [-0.05, 0) is 48.7 Å². The molecule has 24 heavy (non-hydrogen) atoms. The van der Waals surface area contributed by atoms with Crippen molar-refractivity contribution in [3.63, 3.8) is 0 Å². The first-order valence-electron chi connectivity index (χ1n) is 8.00. The first-order chi connectivity index (χ1) is 11.7. The van der Waals surface area contributed by atoms with Gasteiger partial charge in [0, 0.05) is 30.2 Å². The van der Waals surface area contributed by atoms with Crippen molar-refractivity contribution in [3.05, 3.63) is 64.0 Å². The monoisotopic (exact) mass is 316 g/mol. The lowest BCUT2D eigenvalue weighted by atomic mass is 9.98. The van der Waals surface area contributed by atoms with E-state index in [0.717, 1.165) is 29.7 Å². The van der Waals surface area contributed by atoms with Crippen molar-refractivity contribution >= 4 is 16.7 Å². The molecule has 1 saturated heterocycles. The summed E-state index contributed by atoms with van der Waals surface area (Å²) in [5.41, 5.74) is 3.99. The molecule has 0 aliphatic carbocycles. The highest BCUT2D eigenvalue weighted by Gasteiger charge is 2.18. The zero-order valence-electron chi connectivity index (χ0n) is 13.4. The van der Waals surface area contributed by atoms with Crippen LogP contribution in [0.25, 0.3) is 22.1 Å². The van der Waals surface area contributed by atoms with Gasteiger partial charge in [0.1, 0.15) is 5.58 Å². The van der Waals surface area contributed by atoms with Crippen molar-refractivity contribution in [1.82, 2.24) is 0 Å². The third-order valence-corrected chi connectivity index (χ3v) is 4.65. The first-order valence-corrected chi connectivity index (χ1v) is 8.00. The Morgan fingerprint density at radius 1 is 1.17 bits per heavy atom. The van der Waals surface area contributed by atoms with Crippen molar-refractivity contribution in [3.8, 4) is 17.2 Å². The summed E-state index contributed by atoms with van der Waals surface area (Å²) in [6.45, 7) is 4.03. The minimum atomic E-state index is -0.365. The van der Waals surface area contributed by atoms with Crippen LogP contribution in [0, 0.1) is 18.3 Å². The maximum absolute atomic E-state index is 12.6. The number of anilines is 1. The SMILES string of the molecule is Cc1c(-c2cccc(C#N)c2)c(=O)oc2cc(N3CCC3)ccc12. The minimum Gasteiger partial charge on any atom is -0.422 e. The van der Waals surface area contributed by atoms with Gasteiger partial charge >= 0.3 is 5.63 Å². The van der Waals surface area contributed by atoms with Crippen LogP contribution < -0.4 is 10.5 Å². The van der Waals surface area contributed by atoms with Gasteiger partial charge < -0.3 is 9.32 Å². The van der Waals surface area contributed by atoms with Crippen LogP contribution in [0.15, 0.2) is 51.7 Å². The highest BCUT2D eigenvalue weighted by molar-refractivity contribution is 5.89. The molecule has 1 aliphatic rings. The topological polar surface area (TPSA) is 57.2 Å². The summed E-state index contributed by atoms with van der Waals surface area (Å²) in [6.07, 6.45) is 1.20. The molecule has 2 aromatic carbocycles. The summed E-state index contributed by atoms with van der Waals surface area (Å²) in [5.74, 6) is 0. The molecule has 0 unspecified atom stereocenters. The highest BCUT2D eigenvalue weighted by Crippen LogP contribution is 2.30.